The third-order valence-electron chi connectivity index (χ3n) is 6.64. The van der Waals surface area contributed by atoms with Crippen molar-refractivity contribution in [3.8, 4) is 5.75 Å². The number of nitrogens with one attached hydrogen (secondary N) is 2. The second-order valence-corrected chi connectivity index (χ2v) is 8.68. The zero-order valence-electron chi connectivity index (χ0n) is 17.6. The minimum absolute atomic E-state index is 0.0617. The summed E-state index contributed by atoms with van der Waals surface area (Å²) < 4.78 is 6.40. The van der Waals surface area contributed by atoms with Gasteiger partial charge in [0.2, 0.25) is 6.41 Å². The summed E-state index contributed by atoms with van der Waals surface area (Å²) in [7, 11) is 0. The number of rotatable bonds is 9. The monoisotopic (exact) mass is 408 g/mol. The topological polar surface area (TPSA) is 70.6 Å². The van der Waals surface area contributed by atoms with Crippen LogP contribution in [-0.4, -0.2) is 35.8 Å². The summed E-state index contributed by atoms with van der Waals surface area (Å²) in [6.07, 6.45) is 5.88. The van der Waals surface area contributed by atoms with Gasteiger partial charge in [0.25, 0.3) is 0 Å². The molecule has 1 aliphatic carbocycles. The van der Waals surface area contributed by atoms with E-state index in [-0.39, 0.29) is 17.7 Å². The molecule has 160 valence electrons. The fourth-order valence-electron chi connectivity index (χ4n) is 4.67. The highest BCUT2D eigenvalue weighted by atomic mass is 16.5. The second kappa shape index (κ2) is 9.19. The highest BCUT2D eigenvalue weighted by Gasteiger charge is 2.45. The molecule has 0 saturated heterocycles. The molecule has 1 saturated carbocycles. The number of ether oxygens (including phenoxy) is 1. The molecule has 2 aromatic rings. The summed E-state index contributed by atoms with van der Waals surface area (Å²) in [4.78, 5) is 11.1. The first-order valence-electron chi connectivity index (χ1n) is 11.1. The van der Waals surface area contributed by atoms with Crippen LogP contribution in [0.5, 0.6) is 5.75 Å². The average molecular weight is 409 g/mol. The number of carbonyl (C=O) groups excluding carboxylic acids is 1. The molecule has 2 aromatic carbocycles. The van der Waals surface area contributed by atoms with Gasteiger partial charge in [0, 0.05) is 24.6 Å². The van der Waals surface area contributed by atoms with E-state index in [0.717, 1.165) is 37.0 Å². The maximum Gasteiger partial charge on any atom is 0.207 e. The van der Waals surface area contributed by atoms with E-state index in [2.05, 4.69) is 35.8 Å². The third kappa shape index (κ3) is 4.52. The van der Waals surface area contributed by atoms with Crippen LogP contribution in [0.25, 0.3) is 0 Å². The second-order valence-electron chi connectivity index (χ2n) is 8.68. The Labute approximate surface area is 178 Å². The lowest BCUT2D eigenvalue weighted by molar-refractivity contribution is -0.110. The van der Waals surface area contributed by atoms with Gasteiger partial charge < -0.3 is 20.5 Å². The third-order valence-corrected chi connectivity index (χ3v) is 6.64. The molecule has 1 aliphatic heterocycles. The molecule has 0 bridgehead atoms. The quantitative estimate of drug-likeness (QED) is 0.557. The number of fused-ring (bicyclic) bond motifs is 1. The molecule has 30 heavy (non-hydrogen) atoms. The maximum absolute atomic E-state index is 11.1. The SMILES string of the molecule is CCc1ccc2c(c1)C(NC[C@@H](O)[C@H](Cc1ccccc1)NC=O)CC1(CCC1)O2. The Hall–Kier alpha value is -2.37. The molecule has 5 heteroatoms. The van der Waals surface area contributed by atoms with Crippen LogP contribution >= 0.6 is 0 Å². The Balaban J connectivity index is 1.46. The summed E-state index contributed by atoms with van der Waals surface area (Å²) in [6.45, 7) is 2.57. The van der Waals surface area contributed by atoms with E-state index >= 15 is 0 Å². The summed E-state index contributed by atoms with van der Waals surface area (Å²) in [5.74, 6) is 0.969. The number of aliphatic hydroxyl groups excluding tert-OH is 1. The van der Waals surface area contributed by atoms with E-state index in [4.69, 9.17) is 4.74 Å². The van der Waals surface area contributed by atoms with Crippen molar-refractivity contribution in [3.05, 3.63) is 65.2 Å². The zero-order chi connectivity index (χ0) is 21.0. The number of hydrogen-bond acceptors (Lipinski definition) is 4. The van der Waals surface area contributed by atoms with Crippen molar-refractivity contribution < 1.29 is 14.6 Å². The first-order chi connectivity index (χ1) is 14.6. The first kappa shape index (κ1) is 20.9. The lowest BCUT2D eigenvalue weighted by atomic mass is 9.72. The van der Waals surface area contributed by atoms with Crippen LogP contribution in [0.15, 0.2) is 48.5 Å². The van der Waals surface area contributed by atoms with E-state index in [0.29, 0.717) is 19.4 Å². The van der Waals surface area contributed by atoms with Crippen LogP contribution < -0.4 is 15.4 Å². The van der Waals surface area contributed by atoms with E-state index in [9.17, 15) is 9.90 Å². The highest BCUT2D eigenvalue weighted by molar-refractivity contribution is 5.47. The molecule has 0 aromatic heterocycles. The number of hydrogen-bond donors (Lipinski definition) is 3. The Morgan fingerprint density at radius 3 is 2.67 bits per heavy atom. The Morgan fingerprint density at radius 2 is 2.00 bits per heavy atom. The summed E-state index contributed by atoms with van der Waals surface area (Å²) >= 11 is 0. The van der Waals surface area contributed by atoms with Gasteiger partial charge in [-0.3, -0.25) is 4.79 Å². The zero-order valence-corrected chi connectivity index (χ0v) is 17.6. The molecule has 0 radical (unpaired) electrons. The van der Waals surface area contributed by atoms with E-state index < -0.39 is 6.10 Å². The minimum atomic E-state index is -0.687. The van der Waals surface area contributed by atoms with Crippen molar-refractivity contribution in [2.75, 3.05) is 6.54 Å². The number of benzene rings is 2. The van der Waals surface area contributed by atoms with Gasteiger partial charge in [-0.25, -0.2) is 0 Å². The van der Waals surface area contributed by atoms with Gasteiger partial charge in [-0.2, -0.15) is 0 Å². The molecule has 1 spiro atoms. The average Bonchev–Trinajstić information content (AvgIpc) is 2.76. The normalized spacial score (nSPS) is 21.1. The smallest absolute Gasteiger partial charge is 0.207 e. The molecular weight excluding hydrogens is 376 g/mol. The van der Waals surface area contributed by atoms with Crippen LogP contribution in [0.3, 0.4) is 0 Å². The number of carbonyl (C=O) groups is 1. The molecule has 1 amide bonds. The lowest BCUT2D eigenvalue weighted by Gasteiger charge is -2.48. The van der Waals surface area contributed by atoms with E-state index in [1.54, 1.807) is 0 Å². The van der Waals surface area contributed by atoms with Crippen LogP contribution in [0.1, 0.15) is 55.3 Å². The fraction of sp³-hybridized carbons (Fsp3) is 0.480. The summed E-state index contributed by atoms with van der Waals surface area (Å²) in [5, 5.41) is 17.3. The molecule has 5 nitrogen and oxygen atoms in total. The van der Waals surface area contributed by atoms with Crippen molar-refractivity contribution in [1.29, 1.82) is 0 Å². The predicted molar refractivity (Wildman–Crippen MR) is 118 cm³/mol. The molecule has 1 fully saturated rings. The van der Waals surface area contributed by atoms with Crippen molar-refractivity contribution in [2.24, 2.45) is 0 Å². The Kier molecular flexibility index (Phi) is 6.40. The van der Waals surface area contributed by atoms with Gasteiger partial charge in [0.1, 0.15) is 11.4 Å². The van der Waals surface area contributed by atoms with Gasteiger partial charge >= 0.3 is 0 Å². The van der Waals surface area contributed by atoms with Crippen molar-refractivity contribution >= 4 is 6.41 Å². The summed E-state index contributed by atoms with van der Waals surface area (Å²) in [5.41, 5.74) is 3.50. The largest absolute Gasteiger partial charge is 0.487 e. The molecule has 1 heterocycles. The van der Waals surface area contributed by atoms with Gasteiger partial charge in [-0.1, -0.05) is 49.4 Å². The number of amides is 1. The van der Waals surface area contributed by atoms with Crippen LogP contribution in [-0.2, 0) is 17.6 Å². The molecule has 3 atom stereocenters. The van der Waals surface area contributed by atoms with Gasteiger partial charge in [-0.05, 0) is 49.3 Å². The van der Waals surface area contributed by atoms with Gasteiger partial charge in [0.15, 0.2) is 0 Å². The highest BCUT2D eigenvalue weighted by Crippen LogP contribution is 2.49. The van der Waals surface area contributed by atoms with Crippen LogP contribution in [0.4, 0.5) is 0 Å². The molecular formula is C25H32N2O3. The Bertz CT molecular complexity index is 851. The first-order valence-corrected chi connectivity index (χ1v) is 11.1. The van der Waals surface area contributed by atoms with E-state index in [1.165, 1.54) is 17.5 Å². The standard InChI is InChI=1S/C25H32N2O3/c1-2-18-9-10-24-20(13-18)22(15-25(30-24)11-6-12-25)26-16-23(29)21(27-17-28)14-19-7-4-3-5-8-19/h3-5,7-10,13,17,21-23,26,29H,2,6,11-12,14-16H2,1H3,(H,27,28)/t21-,22?,23+/m0/s1. The molecule has 3 N–H and O–H groups in total. The van der Waals surface area contributed by atoms with Crippen LogP contribution in [0, 0.1) is 0 Å². The van der Waals surface area contributed by atoms with Crippen molar-refractivity contribution in [3.63, 3.8) is 0 Å². The molecule has 1 unspecified atom stereocenters. The minimum Gasteiger partial charge on any atom is -0.487 e. The number of aryl methyl sites for hydroxylation is 1. The molecule has 2 aliphatic rings. The van der Waals surface area contributed by atoms with Gasteiger partial charge in [-0.15, -0.1) is 0 Å². The maximum atomic E-state index is 11.1. The fourth-order valence-corrected chi connectivity index (χ4v) is 4.67. The summed E-state index contributed by atoms with van der Waals surface area (Å²) in [6, 6.07) is 16.2. The number of aliphatic hydroxyl groups is 1. The predicted octanol–water partition coefficient (Wildman–Crippen LogP) is 3.30. The van der Waals surface area contributed by atoms with E-state index in [1.807, 2.05) is 30.3 Å². The van der Waals surface area contributed by atoms with Gasteiger partial charge in [0.05, 0.1) is 12.1 Å². The lowest BCUT2D eigenvalue weighted by Crippen LogP contribution is -2.51. The van der Waals surface area contributed by atoms with Crippen molar-refractivity contribution in [2.45, 2.75) is 69.2 Å². The Morgan fingerprint density at radius 1 is 1.20 bits per heavy atom. The van der Waals surface area contributed by atoms with Crippen LogP contribution in [0.2, 0.25) is 0 Å². The van der Waals surface area contributed by atoms with Crippen molar-refractivity contribution in [1.82, 2.24) is 10.6 Å². The molecule has 4 rings (SSSR count).